The summed E-state index contributed by atoms with van der Waals surface area (Å²) in [6, 6.07) is 9.83. The van der Waals surface area contributed by atoms with Crippen LogP contribution in [-0.4, -0.2) is 45.8 Å². The number of guanidine groups is 1. The molecule has 0 bridgehead atoms. The summed E-state index contributed by atoms with van der Waals surface area (Å²) in [7, 11) is 3.72. The predicted octanol–water partition coefficient (Wildman–Crippen LogP) is 3.31. The highest BCUT2D eigenvalue weighted by atomic mass is 19.1. The average molecular weight is 408 g/mol. The number of halogens is 1. The third kappa shape index (κ3) is 4.59. The molecule has 3 aromatic rings. The summed E-state index contributed by atoms with van der Waals surface area (Å²) in [6.45, 7) is 2.32. The number of hydrogen-bond acceptors (Lipinski definition) is 4. The lowest BCUT2D eigenvalue weighted by atomic mass is 10.0. The van der Waals surface area contributed by atoms with E-state index in [9.17, 15) is 4.39 Å². The number of rotatable bonds is 5. The van der Waals surface area contributed by atoms with E-state index in [1.807, 2.05) is 30.1 Å². The molecular weight excluding hydrogens is 383 g/mol. The van der Waals surface area contributed by atoms with Crippen LogP contribution in [0, 0.1) is 5.82 Å². The first-order chi connectivity index (χ1) is 14.6. The molecule has 0 radical (unpaired) electrons. The molecule has 156 valence electrons. The minimum atomic E-state index is -0.347. The molecule has 1 fully saturated rings. The highest BCUT2D eigenvalue weighted by Gasteiger charge is 2.27. The average Bonchev–Trinajstić information content (AvgIpc) is 3.39. The van der Waals surface area contributed by atoms with Gasteiger partial charge in [0.05, 0.1) is 6.20 Å². The van der Waals surface area contributed by atoms with Gasteiger partial charge < -0.3 is 15.0 Å². The number of nitrogens with one attached hydrogen (secondary N) is 1. The standard InChI is InChI=1S/C22H25FN6O/c1-24-22(29-10-8-17(15-29)18-13-27-28(2)14-18)26-12-16-5-4-9-25-21(16)30-20-7-3-6-19(23)11-20/h3-7,9,11,13-14,17H,8,10,12,15H2,1-2H3,(H,24,26). The zero-order valence-electron chi connectivity index (χ0n) is 17.1. The van der Waals surface area contributed by atoms with Gasteiger partial charge in [-0.1, -0.05) is 12.1 Å². The lowest BCUT2D eigenvalue weighted by Crippen LogP contribution is -2.39. The largest absolute Gasteiger partial charge is 0.439 e. The van der Waals surface area contributed by atoms with Gasteiger partial charge in [0.25, 0.3) is 0 Å². The maximum absolute atomic E-state index is 13.5. The topological polar surface area (TPSA) is 67.6 Å². The Hall–Kier alpha value is -3.42. The summed E-state index contributed by atoms with van der Waals surface area (Å²) in [6.07, 6.45) is 6.74. The van der Waals surface area contributed by atoms with Crippen LogP contribution in [0.15, 0.2) is 60.0 Å². The van der Waals surface area contributed by atoms with Crippen molar-refractivity contribution in [2.75, 3.05) is 20.1 Å². The molecule has 30 heavy (non-hydrogen) atoms. The van der Waals surface area contributed by atoms with Gasteiger partial charge in [-0.15, -0.1) is 0 Å². The number of likely N-dealkylation sites (tertiary alicyclic amines) is 1. The molecule has 1 atom stereocenters. The summed E-state index contributed by atoms with van der Waals surface area (Å²) in [5.41, 5.74) is 2.12. The van der Waals surface area contributed by atoms with Gasteiger partial charge in [0.15, 0.2) is 5.96 Å². The molecule has 1 saturated heterocycles. The number of aryl methyl sites for hydroxylation is 1. The molecule has 2 aromatic heterocycles. The minimum absolute atomic E-state index is 0.347. The number of hydrogen-bond donors (Lipinski definition) is 1. The number of pyridine rings is 1. The third-order valence-electron chi connectivity index (χ3n) is 5.19. The second-order valence-electron chi connectivity index (χ2n) is 7.31. The van der Waals surface area contributed by atoms with E-state index < -0.39 is 0 Å². The fourth-order valence-corrected chi connectivity index (χ4v) is 3.67. The molecule has 0 amide bonds. The van der Waals surface area contributed by atoms with E-state index in [2.05, 4.69) is 31.5 Å². The van der Waals surface area contributed by atoms with Crippen molar-refractivity contribution in [2.45, 2.75) is 18.9 Å². The number of ether oxygens (including phenoxy) is 1. The second-order valence-corrected chi connectivity index (χ2v) is 7.31. The molecule has 0 spiro atoms. The van der Waals surface area contributed by atoms with Gasteiger partial charge in [-0.2, -0.15) is 5.10 Å². The Bertz CT molecular complexity index is 1030. The smallest absolute Gasteiger partial charge is 0.224 e. The molecule has 8 heteroatoms. The number of aromatic nitrogens is 3. The Labute approximate surface area is 175 Å². The van der Waals surface area contributed by atoms with Crippen molar-refractivity contribution >= 4 is 5.96 Å². The minimum Gasteiger partial charge on any atom is -0.439 e. The van der Waals surface area contributed by atoms with Crippen molar-refractivity contribution in [3.05, 3.63) is 71.9 Å². The molecule has 0 aliphatic carbocycles. The zero-order chi connectivity index (χ0) is 20.9. The fraction of sp³-hybridized carbons (Fsp3) is 0.318. The van der Waals surface area contributed by atoms with E-state index in [4.69, 9.17) is 4.74 Å². The van der Waals surface area contributed by atoms with Gasteiger partial charge in [0.2, 0.25) is 5.88 Å². The Morgan fingerprint density at radius 1 is 1.33 bits per heavy atom. The van der Waals surface area contributed by atoms with E-state index in [0.717, 1.165) is 31.0 Å². The van der Waals surface area contributed by atoms with Gasteiger partial charge in [-0.25, -0.2) is 9.37 Å². The van der Waals surface area contributed by atoms with Crippen LogP contribution < -0.4 is 10.1 Å². The van der Waals surface area contributed by atoms with Crippen LogP contribution in [-0.2, 0) is 13.6 Å². The van der Waals surface area contributed by atoms with E-state index in [1.165, 1.54) is 17.7 Å². The number of nitrogens with zero attached hydrogens (tertiary/aromatic N) is 5. The lowest BCUT2D eigenvalue weighted by molar-refractivity contribution is 0.448. The third-order valence-corrected chi connectivity index (χ3v) is 5.19. The molecule has 1 aliphatic rings. The van der Waals surface area contributed by atoms with E-state index in [0.29, 0.717) is 24.1 Å². The SMILES string of the molecule is CN=C(NCc1cccnc1Oc1cccc(F)c1)N1CCC(c2cnn(C)c2)C1. The predicted molar refractivity (Wildman–Crippen MR) is 113 cm³/mol. The van der Waals surface area contributed by atoms with Crippen LogP contribution in [0.5, 0.6) is 11.6 Å². The van der Waals surface area contributed by atoms with Crippen molar-refractivity contribution in [3.8, 4) is 11.6 Å². The lowest BCUT2D eigenvalue weighted by Gasteiger charge is -2.22. The van der Waals surface area contributed by atoms with Crippen LogP contribution in [0.1, 0.15) is 23.5 Å². The maximum Gasteiger partial charge on any atom is 0.224 e. The first-order valence-electron chi connectivity index (χ1n) is 9.94. The quantitative estimate of drug-likeness (QED) is 0.518. The Morgan fingerprint density at radius 3 is 3.00 bits per heavy atom. The molecule has 1 aromatic carbocycles. The van der Waals surface area contributed by atoms with Crippen molar-refractivity contribution in [1.29, 1.82) is 0 Å². The summed E-state index contributed by atoms with van der Waals surface area (Å²) in [5.74, 6) is 1.80. The van der Waals surface area contributed by atoms with E-state index >= 15 is 0 Å². The summed E-state index contributed by atoms with van der Waals surface area (Å²) in [5, 5.41) is 7.69. The van der Waals surface area contributed by atoms with Crippen molar-refractivity contribution < 1.29 is 9.13 Å². The highest BCUT2D eigenvalue weighted by Crippen LogP contribution is 2.27. The van der Waals surface area contributed by atoms with Crippen LogP contribution in [0.3, 0.4) is 0 Å². The summed E-state index contributed by atoms with van der Waals surface area (Å²) in [4.78, 5) is 11.0. The molecular formula is C22H25FN6O. The fourth-order valence-electron chi connectivity index (χ4n) is 3.67. The number of aliphatic imine (C=N–C) groups is 1. The van der Waals surface area contributed by atoms with Crippen LogP contribution in [0.2, 0.25) is 0 Å². The summed E-state index contributed by atoms with van der Waals surface area (Å²) >= 11 is 0. The van der Waals surface area contributed by atoms with Crippen molar-refractivity contribution in [3.63, 3.8) is 0 Å². The first kappa shape index (κ1) is 19.9. The van der Waals surface area contributed by atoms with Crippen LogP contribution in [0.25, 0.3) is 0 Å². The second kappa shape index (κ2) is 8.94. The Morgan fingerprint density at radius 2 is 2.23 bits per heavy atom. The monoisotopic (exact) mass is 408 g/mol. The molecule has 4 rings (SSSR count). The van der Waals surface area contributed by atoms with E-state index in [1.54, 1.807) is 25.4 Å². The highest BCUT2D eigenvalue weighted by molar-refractivity contribution is 5.80. The maximum atomic E-state index is 13.5. The zero-order valence-corrected chi connectivity index (χ0v) is 17.1. The molecule has 7 nitrogen and oxygen atoms in total. The van der Waals surface area contributed by atoms with E-state index in [-0.39, 0.29) is 5.82 Å². The van der Waals surface area contributed by atoms with Gasteiger partial charge >= 0.3 is 0 Å². The Balaban J connectivity index is 1.40. The van der Waals surface area contributed by atoms with Gasteiger partial charge in [-0.05, 0) is 30.2 Å². The Kier molecular flexibility index (Phi) is 5.92. The molecule has 3 heterocycles. The number of benzene rings is 1. The van der Waals surface area contributed by atoms with Crippen LogP contribution >= 0.6 is 0 Å². The molecule has 1 unspecified atom stereocenters. The van der Waals surface area contributed by atoms with Gasteiger partial charge in [0, 0.05) is 63.7 Å². The van der Waals surface area contributed by atoms with Crippen molar-refractivity contribution in [1.82, 2.24) is 25.0 Å². The summed E-state index contributed by atoms with van der Waals surface area (Å²) < 4.78 is 21.1. The molecule has 1 aliphatic heterocycles. The van der Waals surface area contributed by atoms with Gasteiger partial charge in [-0.3, -0.25) is 9.67 Å². The van der Waals surface area contributed by atoms with Crippen LogP contribution in [0.4, 0.5) is 4.39 Å². The molecule has 0 saturated carbocycles. The molecule has 1 N–H and O–H groups in total. The van der Waals surface area contributed by atoms with Crippen molar-refractivity contribution in [2.24, 2.45) is 12.0 Å². The van der Waals surface area contributed by atoms with Gasteiger partial charge in [0.1, 0.15) is 11.6 Å². The normalized spacial score (nSPS) is 16.7. The first-order valence-corrected chi connectivity index (χ1v) is 9.94.